The summed E-state index contributed by atoms with van der Waals surface area (Å²) in [6, 6.07) is -1.38. The average molecular weight is 189 g/mol. The van der Waals surface area contributed by atoms with E-state index in [0.717, 1.165) is 6.26 Å². The molecule has 3 N–H and O–H groups in total. The summed E-state index contributed by atoms with van der Waals surface area (Å²) in [4.78, 5) is 21.1. The largest absolute Gasteiger partial charge is 0.480 e. The fourth-order valence-corrected chi connectivity index (χ4v) is 0.625. The van der Waals surface area contributed by atoms with E-state index in [1.54, 1.807) is 0 Å². The molecular formula is C7H11NO5. The first kappa shape index (κ1) is 11.4. The highest BCUT2D eigenvalue weighted by Crippen LogP contribution is 1.93. The van der Waals surface area contributed by atoms with Crippen LogP contribution in [0.2, 0.25) is 0 Å². The second-order valence-corrected chi connectivity index (χ2v) is 2.27. The number of aliphatic hydroxyl groups is 1. The molecule has 0 heterocycles. The molecule has 0 aliphatic rings. The number of hydrogen-bond donors (Lipinski definition) is 3. The SMILES string of the molecule is C=COC(=O)N[C@H](C(=O)O)[C@@H](C)O. The van der Waals surface area contributed by atoms with Gasteiger partial charge in [-0.2, -0.15) is 0 Å². The highest BCUT2D eigenvalue weighted by atomic mass is 16.5. The minimum absolute atomic E-state index is 0.857. The van der Waals surface area contributed by atoms with E-state index in [0.29, 0.717) is 0 Å². The molecule has 6 nitrogen and oxygen atoms in total. The molecule has 2 atom stereocenters. The number of carboxylic acid groups (broad SMARTS) is 1. The van der Waals surface area contributed by atoms with E-state index < -0.39 is 24.2 Å². The Labute approximate surface area is 74.8 Å². The van der Waals surface area contributed by atoms with Crippen molar-refractivity contribution in [1.29, 1.82) is 0 Å². The number of rotatable bonds is 4. The minimum atomic E-state index is -1.38. The van der Waals surface area contributed by atoms with Crippen molar-refractivity contribution in [2.75, 3.05) is 0 Å². The summed E-state index contributed by atoms with van der Waals surface area (Å²) in [5.41, 5.74) is 0. The standard InChI is InChI=1S/C7H11NO5/c1-3-13-7(12)8-5(4(2)9)6(10)11/h3-5,9H,1H2,2H3,(H,8,12)(H,10,11)/t4-,5+/m1/s1. The summed E-state index contributed by atoms with van der Waals surface area (Å²) in [6.07, 6.45) is -1.31. The maximum absolute atomic E-state index is 10.7. The third kappa shape index (κ3) is 4.12. The highest BCUT2D eigenvalue weighted by Gasteiger charge is 2.25. The monoisotopic (exact) mass is 189 g/mol. The first-order valence-corrected chi connectivity index (χ1v) is 3.48. The van der Waals surface area contributed by atoms with Crippen LogP contribution in [0.4, 0.5) is 4.79 Å². The van der Waals surface area contributed by atoms with Crippen molar-refractivity contribution in [2.45, 2.75) is 19.1 Å². The smallest absolute Gasteiger partial charge is 0.412 e. The number of carbonyl (C=O) groups is 2. The molecule has 0 fully saturated rings. The normalized spacial score (nSPS) is 14.0. The molecular weight excluding hydrogens is 178 g/mol. The van der Waals surface area contributed by atoms with Crippen molar-refractivity contribution < 1.29 is 24.5 Å². The second-order valence-electron chi connectivity index (χ2n) is 2.27. The molecule has 74 valence electrons. The number of amides is 1. The molecule has 0 aromatic carbocycles. The molecule has 1 amide bonds. The van der Waals surface area contributed by atoms with Gasteiger partial charge >= 0.3 is 12.1 Å². The van der Waals surface area contributed by atoms with Gasteiger partial charge in [-0.15, -0.1) is 0 Å². The van der Waals surface area contributed by atoms with Crippen LogP contribution in [0.5, 0.6) is 0 Å². The van der Waals surface area contributed by atoms with E-state index in [1.807, 2.05) is 5.32 Å². The van der Waals surface area contributed by atoms with Crippen LogP contribution in [-0.2, 0) is 9.53 Å². The number of carboxylic acids is 1. The van der Waals surface area contributed by atoms with Gasteiger partial charge in [-0.1, -0.05) is 6.58 Å². The van der Waals surface area contributed by atoms with Gasteiger partial charge in [-0.25, -0.2) is 9.59 Å². The molecule has 0 bridgehead atoms. The fourth-order valence-electron chi connectivity index (χ4n) is 0.625. The van der Waals surface area contributed by atoms with Crippen molar-refractivity contribution in [1.82, 2.24) is 5.32 Å². The van der Waals surface area contributed by atoms with Gasteiger partial charge in [0.1, 0.15) is 0 Å². The summed E-state index contributed by atoms with van der Waals surface area (Å²) < 4.78 is 4.21. The van der Waals surface area contributed by atoms with E-state index in [1.165, 1.54) is 6.92 Å². The van der Waals surface area contributed by atoms with E-state index in [-0.39, 0.29) is 0 Å². The zero-order chi connectivity index (χ0) is 10.4. The van der Waals surface area contributed by atoms with Gasteiger partial charge in [0, 0.05) is 0 Å². The maximum atomic E-state index is 10.7. The van der Waals surface area contributed by atoms with Crippen LogP contribution in [0.25, 0.3) is 0 Å². The maximum Gasteiger partial charge on any atom is 0.412 e. The Kier molecular flexibility index (Phi) is 4.53. The topological polar surface area (TPSA) is 95.9 Å². The number of alkyl carbamates (subject to hydrolysis) is 1. The summed E-state index contributed by atoms with van der Waals surface area (Å²) in [5.74, 6) is -1.34. The number of hydrogen-bond acceptors (Lipinski definition) is 4. The molecule has 0 unspecified atom stereocenters. The van der Waals surface area contributed by atoms with Crippen LogP contribution < -0.4 is 5.32 Å². The molecule has 0 saturated heterocycles. The molecule has 6 heteroatoms. The number of aliphatic hydroxyl groups excluding tert-OH is 1. The van der Waals surface area contributed by atoms with Crippen molar-refractivity contribution in [3.05, 3.63) is 12.8 Å². The first-order chi connectivity index (χ1) is 5.99. The van der Waals surface area contributed by atoms with Crippen LogP contribution in [-0.4, -0.2) is 34.4 Å². The predicted octanol–water partition coefficient (Wildman–Crippen LogP) is -0.310. The summed E-state index contributed by atoms with van der Waals surface area (Å²) in [7, 11) is 0. The number of ether oxygens (including phenoxy) is 1. The third-order valence-corrected chi connectivity index (χ3v) is 1.21. The Morgan fingerprint density at radius 2 is 2.15 bits per heavy atom. The van der Waals surface area contributed by atoms with Crippen molar-refractivity contribution in [3.8, 4) is 0 Å². The van der Waals surface area contributed by atoms with Gasteiger partial charge in [0.25, 0.3) is 0 Å². The molecule has 0 aliphatic carbocycles. The lowest BCUT2D eigenvalue weighted by molar-refractivity contribution is -0.141. The quantitative estimate of drug-likeness (QED) is 0.527. The van der Waals surface area contributed by atoms with Crippen LogP contribution in [0.3, 0.4) is 0 Å². The highest BCUT2D eigenvalue weighted by molar-refractivity contribution is 5.80. The second kappa shape index (κ2) is 5.15. The summed E-state index contributed by atoms with van der Waals surface area (Å²) >= 11 is 0. The van der Waals surface area contributed by atoms with Gasteiger partial charge in [0.15, 0.2) is 6.04 Å². The number of nitrogens with one attached hydrogen (secondary N) is 1. The number of carbonyl (C=O) groups excluding carboxylic acids is 1. The lowest BCUT2D eigenvalue weighted by atomic mass is 10.2. The van der Waals surface area contributed by atoms with Crippen molar-refractivity contribution >= 4 is 12.1 Å². The molecule has 0 aromatic heterocycles. The van der Waals surface area contributed by atoms with Gasteiger partial charge in [0.05, 0.1) is 12.4 Å². The van der Waals surface area contributed by atoms with Crippen LogP contribution in [0, 0.1) is 0 Å². The molecule has 0 saturated carbocycles. The first-order valence-electron chi connectivity index (χ1n) is 3.48. The molecule has 0 radical (unpaired) electrons. The Bertz CT molecular complexity index is 213. The van der Waals surface area contributed by atoms with E-state index in [9.17, 15) is 9.59 Å². The Balaban J connectivity index is 4.18. The van der Waals surface area contributed by atoms with E-state index >= 15 is 0 Å². The third-order valence-electron chi connectivity index (χ3n) is 1.21. The Morgan fingerprint density at radius 1 is 1.62 bits per heavy atom. The van der Waals surface area contributed by atoms with E-state index in [2.05, 4.69) is 11.3 Å². The van der Waals surface area contributed by atoms with Crippen LogP contribution in [0.1, 0.15) is 6.92 Å². The number of aliphatic carboxylic acids is 1. The van der Waals surface area contributed by atoms with Gasteiger partial charge in [0.2, 0.25) is 0 Å². The van der Waals surface area contributed by atoms with Crippen LogP contribution in [0.15, 0.2) is 12.8 Å². The van der Waals surface area contributed by atoms with Crippen molar-refractivity contribution in [3.63, 3.8) is 0 Å². The molecule has 0 aliphatic heterocycles. The van der Waals surface area contributed by atoms with Gasteiger partial charge in [-0.3, -0.25) is 0 Å². The minimum Gasteiger partial charge on any atom is -0.480 e. The summed E-state index contributed by atoms with van der Waals surface area (Å²) in [5, 5.41) is 19.4. The summed E-state index contributed by atoms with van der Waals surface area (Å²) in [6.45, 7) is 4.35. The van der Waals surface area contributed by atoms with Crippen molar-refractivity contribution in [2.24, 2.45) is 0 Å². The zero-order valence-corrected chi connectivity index (χ0v) is 7.06. The van der Waals surface area contributed by atoms with Gasteiger partial charge < -0.3 is 20.3 Å². The predicted molar refractivity (Wildman–Crippen MR) is 42.9 cm³/mol. The zero-order valence-electron chi connectivity index (χ0n) is 7.06. The van der Waals surface area contributed by atoms with Crippen LogP contribution >= 0.6 is 0 Å². The Hall–Kier alpha value is -1.56. The molecule has 13 heavy (non-hydrogen) atoms. The lowest BCUT2D eigenvalue weighted by Crippen LogP contribution is -2.47. The lowest BCUT2D eigenvalue weighted by Gasteiger charge is -2.15. The molecule has 0 spiro atoms. The average Bonchev–Trinajstić information content (AvgIpc) is 1.99. The van der Waals surface area contributed by atoms with E-state index in [4.69, 9.17) is 10.2 Å². The molecule has 0 rings (SSSR count). The molecule has 0 aromatic rings. The fraction of sp³-hybridized carbons (Fsp3) is 0.429. The Morgan fingerprint density at radius 3 is 2.46 bits per heavy atom. The van der Waals surface area contributed by atoms with Gasteiger partial charge in [-0.05, 0) is 6.92 Å².